The number of halogens is 6. The van der Waals surface area contributed by atoms with Crippen LogP contribution >= 0.6 is 45.2 Å². The van der Waals surface area contributed by atoms with Crippen LogP contribution in [0.3, 0.4) is 0 Å². The van der Waals surface area contributed by atoms with Crippen LogP contribution in [-0.2, 0) is 12.8 Å². The molecule has 2 rings (SSSR count). The van der Waals surface area contributed by atoms with E-state index in [-0.39, 0.29) is 11.1 Å². The first-order chi connectivity index (χ1) is 10.2. The smallest absolute Gasteiger partial charge is 0.200 e. The second-order valence-electron chi connectivity index (χ2n) is 5.02. The summed E-state index contributed by atoms with van der Waals surface area (Å²) in [6.07, 6.45) is -1.94. The molecule has 0 amide bonds. The van der Waals surface area contributed by atoms with Gasteiger partial charge in [0.25, 0.3) is 0 Å². The lowest BCUT2D eigenvalue weighted by Gasteiger charge is -2.27. The molecule has 0 radical (unpaired) electrons. The molecule has 2 aromatic carbocycles. The van der Waals surface area contributed by atoms with E-state index in [9.17, 15) is 17.6 Å². The number of alkyl halides is 4. The molecule has 0 saturated heterocycles. The van der Waals surface area contributed by atoms with Crippen LogP contribution in [-0.4, -0.2) is 11.8 Å². The Labute approximate surface area is 153 Å². The van der Waals surface area contributed by atoms with Crippen LogP contribution < -0.4 is 0 Å². The number of hydrogen-bond acceptors (Lipinski definition) is 0. The lowest BCUT2D eigenvalue weighted by Crippen LogP contribution is -2.44. The summed E-state index contributed by atoms with van der Waals surface area (Å²) in [6, 6.07) is 12.3. The molecule has 0 atom stereocenters. The molecule has 0 fully saturated rings. The average Bonchev–Trinajstić information content (AvgIpc) is 2.43. The summed E-state index contributed by atoms with van der Waals surface area (Å²) in [5, 5.41) is 0. The zero-order valence-electron chi connectivity index (χ0n) is 11.3. The Hall–Kier alpha value is -0.380. The van der Waals surface area contributed by atoms with Gasteiger partial charge in [0.15, 0.2) is 0 Å². The maximum atomic E-state index is 14.0. The highest BCUT2D eigenvalue weighted by Gasteiger charge is 2.55. The molecule has 0 nitrogen and oxygen atoms in total. The highest BCUT2D eigenvalue weighted by molar-refractivity contribution is 14.1. The lowest BCUT2D eigenvalue weighted by molar-refractivity contribution is -0.206. The highest BCUT2D eigenvalue weighted by atomic mass is 127. The van der Waals surface area contributed by atoms with Crippen LogP contribution in [0.4, 0.5) is 17.6 Å². The third-order valence-corrected chi connectivity index (χ3v) is 4.65. The van der Waals surface area contributed by atoms with Gasteiger partial charge in [0.1, 0.15) is 0 Å². The summed E-state index contributed by atoms with van der Waals surface area (Å²) in [5.74, 6) is -8.19. The molecule has 0 unspecified atom stereocenters. The Morgan fingerprint density at radius 2 is 0.864 bits per heavy atom. The van der Waals surface area contributed by atoms with Crippen molar-refractivity contribution < 1.29 is 17.6 Å². The van der Waals surface area contributed by atoms with Crippen molar-refractivity contribution >= 4 is 45.2 Å². The van der Waals surface area contributed by atoms with Gasteiger partial charge in [-0.3, -0.25) is 0 Å². The first-order valence-corrected chi connectivity index (χ1v) is 8.60. The molecule has 0 saturated carbocycles. The largest absolute Gasteiger partial charge is 0.314 e. The summed E-state index contributed by atoms with van der Waals surface area (Å²) >= 11 is 4.06. The summed E-state index contributed by atoms with van der Waals surface area (Å²) in [4.78, 5) is 0. The van der Waals surface area contributed by atoms with E-state index in [1.807, 2.05) is 45.2 Å². The Morgan fingerprint density at radius 1 is 0.591 bits per heavy atom. The van der Waals surface area contributed by atoms with Crippen LogP contribution in [0.15, 0.2) is 48.5 Å². The van der Waals surface area contributed by atoms with E-state index in [1.165, 1.54) is 24.3 Å². The molecule has 118 valence electrons. The number of benzene rings is 2. The quantitative estimate of drug-likeness (QED) is 0.329. The highest BCUT2D eigenvalue weighted by Crippen LogP contribution is 2.39. The predicted octanol–water partition coefficient (Wildman–Crippen LogP) is 5.95. The van der Waals surface area contributed by atoms with Crippen molar-refractivity contribution in [3.05, 3.63) is 66.8 Å². The predicted molar refractivity (Wildman–Crippen MR) is 95.6 cm³/mol. The van der Waals surface area contributed by atoms with Gasteiger partial charge in [0, 0.05) is 20.0 Å². The van der Waals surface area contributed by atoms with E-state index in [1.54, 1.807) is 24.3 Å². The molecular weight excluding hydrogens is 522 g/mol. The molecule has 0 aliphatic heterocycles. The Bertz CT molecular complexity index is 564. The monoisotopic (exact) mass is 534 g/mol. The first-order valence-electron chi connectivity index (χ1n) is 6.44. The van der Waals surface area contributed by atoms with E-state index in [0.717, 1.165) is 7.14 Å². The van der Waals surface area contributed by atoms with Gasteiger partial charge in [-0.25, -0.2) is 0 Å². The maximum Gasteiger partial charge on any atom is 0.314 e. The van der Waals surface area contributed by atoms with Crippen molar-refractivity contribution in [2.24, 2.45) is 0 Å². The molecule has 6 heteroatoms. The topological polar surface area (TPSA) is 0 Å². The SMILES string of the molecule is FC(F)(Cc1ccc(I)cc1)C(F)(F)Cc1ccc(I)cc1. The molecule has 0 aliphatic rings. The second kappa shape index (κ2) is 7.02. The Kier molecular flexibility index (Phi) is 5.73. The number of rotatable bonds is 5. The third kappa shape index (κ3) is 4.56. The van der Waals surface area contributed by atoms with Crippen LogP contribution in [0, 0.1) is 7.14 Å². The van der Waals surface area contributed by atoms with Gasteiger partial charge in [-0.15, -0.1) is 0 Å². The first kappa shape index (κ1) is 18.0. The van der Waals surface area contributed by atoms with Gasteiger partial charge in [0.05, 0.1) is 0 Å². The average molecular weight is 534 g/mol. The van der Waals surface area contributed by atoms with E-state index >= 15 is 0 Å². The summed E-state index contributed by atoms with van der Waals surface area (Å²) in [7, 11) is 0. The van der Waals surface area contributed by atoms with Crippen LogP contribution in [0.1, 0.15) is 11.1 Å². The standard InChI is InChI=1S/C16H12F4I2/c17-15(18,9-11-1-5-13(21)6-2-11)16(19,20)10-12-3-7-14(22)8-4-12/h1-8H,9-10H2. The molecule has 22 heavy (non-hydrogen) atoms. The molecule has 0 heterocycles. The maximum absolute atomic E-state index is 14.0. The van der Waals surface area contributed by atoms with E-state index < -0.39 is 24.7 Å². The fourth-order valence-electron chi connectivity index (χ4n) is 1.98. The lowest BCUT2D eigenvalue weighted by atomic mass is 9.97. The molecule has 0 bridgehead atoms. The minimum absolute atomic E-state index is 0.202. The van der Waals surface area contributed by atoms with E-state index in [0.29, 0.717) is 0 Å². The molecule has 0 spiro atoms. The van der Waals surface area contributed by atoms with Crippen molar-refractivity contribution in [1.82, 2.24) is 0 Å². The van der Waals surface area contributed by atoms with Crippen molar-refractivity contribution in [3.8, 4) is 0 Å². The zero-order valence-corrected chi connectivity index (χ0v) is 15.6. The van der Waals surface area contributed by atoms with Crippen molar-refractivity contribution in [2.75, 3.05) is 0 Å². The van der Waals surface area contributed by atoms with Crippen LogP contribution in [0.5, 0.6) is 0 Å². The van der Waals surface area contributed by atoms with Gasteiger partial charge in [-0.1, -0.05) is 24.3 Å². The Balaban J connectivity index is 2.14. The normalized spacial score (nSPS) is 12.5. The molecule has 2 aromatic rings. The van der Waals surface area contributed by atoms with Crippen molar-refractivity contribution in [2.45, 2.75) is 24.7 Å². The number of hydrogen-bond donors (Lipinski definition) is 0. The minimum Gasteiger partial charge on any atom is -0.200 e. The zero-order chi connectivity index (χ0) is 16.4. The van der Waals surface area contributed by atoms with Crippen molar-refractivity contribution in [3.63, 3.8) is 0 Å². The van der Waals surface area contributed by atoms with E-state index in [4.69, 9.17) is 0 Å². The third-order valence-electron chi connectivity index (χ3n) is 3.21. The van der Waals surface area contributed by atoms with Gasteiger partial charge in [0.2, 0.25) is 0 Å². The van der Waals surface area contributed by atoms with Crippen LogP contribution in [0.25, 0.3) is 0 Å². The summed E-state index contributed by atoms with van der Waals surface area (Å²) in [6.45, 7) is 0. The van der Waals surface area contributed by atoms with Crippen molar-refractivity contribution in [1.29, 1.82) is 0 Å². The fourth-order valence-corrected chi connectivity index (χ4v) is 2.70. The van der Waals surface area contributed by atoms with Gasteiger partial charge in [-0.2, -0.15) is 17.6 Å². The van der Waals surface area contributed by atoms with Gasteiger partial charge >= 0.3 is 11.8 Å². The molecule has 0 N–H and O–H groups in total. The molecular formula is C16H12F4I2. The van der Waals surface area contributed by atoms with Crippen LogP contribution in [0.2, 0.25) is 0 Å². The summed E-state index contributed by atoms with van der Waals surface area (Å²) < 4.78 is 57.7. The Morgan fingerprint density at radius 3 is 1.14 bits per heavy atom. The molecule has 0 aliphatic carbocycles. The minimum atomic E-state index is -4.09. The fraction of sp³-hybridized carbons (Fsp3) is 0.250. The van der Waals surface area contributed by atoms with E-state index in [2.05, 4.69) is 0 Å². The summed E-state index contributed by atoms with van der Waals surface area (Å²) in [5.41, 5.74) is 0.403. The second-order valence-corrected chi connectivity index (χ2v) is 7.51. The van der Waals surface area contributed by atoms with Gasteiger partial charge in [-0.05, 0) is 80.6 Å². The molecule has 0 aromatic heterocycles. The van der Waals surface area contributed by atoms with Gasteiger partial charge < -0.3 is 0 Å².